The second-order valence-electron chi connectivity index (χ2n) is 4.13. The molecule has 1 aliphatic heterocycles. The maximum Gasteiger partial charge on any atom is 0.140 e. The second kappa shape index (κ2) is 4.95. The van der Waals surface area contributed by atoms with Crippen LogP contribution in [0.15, 0.2) is 18.3 Å². The molecule has 4 nitrogen and oxygen atoms in total. The van der Waals surface area contributed by atoms with Crippen molar-refractivity contribution in [3.05, 3.63) is 24.0 Å². The Hall–Kier alpha value is -1.60. The third-order valence-corrected chi connectivity index (χ3v) is 3.05. The zero-order valence-corrected chi connectivity index (χ0v) is 9.13. The number of rotatable bonds is 3. The summed E-state index contributed by atoms with van der Waals surface area (Å²) in [5.74, 6) is 0.584. The van der Waals surface area contributed by atoms with E-state index in [-0.39, 0.29) is 6.61 Å². The van der Waals surface area contributed by atoms with Crippen LogP contribution in [-0.2, 0) is 0 Å². The van der Waals surface area contributed by atoms with Crippen LogP contribution < -0.4 is 4.90 Å². The van der Waals surface area contributed by atoms with Crippen molar-refractivity contribution >= 4 is 5.69 Å². The Kier molecular flexibility index (Phi) is 3.37. The molecule has 2 rings (SSSR count). The van der Waals surface area contributed by atoms with Gasteiger partial charge in [0.1, 0.15) is 11.8 Å². The fourth-order valence-corrected chi connectivity index (χ4v) is 2.12. The molecule has 1 aliphatic rings. The molecule has 4 heteroatoms. The molecule has 0 aliphatic carbocycles. The highest BCUT2D eigenvalue weighted by Gasteiger charge is 2.22. The number of pyridine rings is 1. The Morgan fingerprint density at radius 3 is 3.06 bits per heavy atom. The van der Waals surface area contributed by atoms with Crippen molar-refractivity contribution in [3.8, 4) is 6.07 Å². The Labute approximate surface area is 95.1 Å². The summed E-state index contributed by atoms with van der Waals surface area (Å²) in [4.78, 5) is 6.32. The molecule has 0 radical (unpaired) electrons. The number of anilines is 1. The van der Waals surface area contributed by atoms with E-state index in [9.17, 15) is 0 Å². The molecule has 0 saturated carbocycles. The average Bonchev–Trinajstić information content (AvgIpc) is 2.78. The number of hydrogen-bond acceptors (Lipinski definition) is 4. The SMILES string of the molecule is N#Cc1ccc(N2CCC(CCO)C2)cn1. The normalized spacial score (nSPS) is 19.8. The summed E-state index contributed by atoms with van der Waals surface area (Å²) in [6, 6.07) is 5.69. The van der Waals surface area contributed by atoms with E-state index in [1.807, 2.05) is 12.1 Å². The fourth-order valence-electron chi connectivity index (χ4n) is 2.12. The van der Waals surface area contributed by atoms with Gasteiger partial charge in [0.2, 0.25) is 0 Å². The summed E-state index contributed by atoms with van der Waals surface area (Å²) in [6.45, 7) is 2.26. The van der Waals surface area contributed by atoms with Gasteiger partial charge in [-0.3, -0.25) is 0 Å². The van der Waals surface area contributed by atoms with E-state index in [1.54, 1.807) is 12.3 Å². The lowest BCUT2D eigenvalue weighted by molar-refractivity contribution is 0.263. The van der Waals surface area contributed by atoms with Crippen LogP contribution in [0, 0.1) is 17.2 Å². The number of nitriles is 1. The average molecular weight is 217 g/mol. The number of hydrogen-bond donors (Lipinski definition) is 1. The highest BCUT2D eigenvalue weighted by atomic mass is 16.3. The Bertz CT molecular complexity index is 382. The van der Waals surface area contributed by atoms with Gasteiger partial charge in [0.05, 0.1) is 11.9 Å². The van der Waals surface area contributed by atoms with Gasteiger partial charge < -0.3 is 10.0 Å². The molecule has 1 fully saturated rings. The summed E-state index contributed by atoms with van der Waals surface area (Å²) in [5.41, 5.74) is 1.52. The van der Waals surface area contributed by atoms with Crippen LogP contribution in [-0.4, -0.2) is 29.8 Å². The zero-order chi connectivity index (χ0) is 11.4. The Morgan fingerprint density at radius 2 is 2.44 bits per heavy atom. The summed E-state index contributed by atoms with van der Waals surface area (Å²) in [5, 5.41) is 17.5. The van der Waals surface area contributed by atoms with Gasteiger partial charge in [-0.15, -0.1) is 0 Å². The van der Waals surface area contributed by atoms with Gasteiger partial charge in [-0.05, 0) is 30.9 Å². The van der Waals surface area contributed by atoms with Crippen molar-refractivity contribution in [2.45, 2.75) is 12.8 Å². The lowest BCUT2D eigenvalue weighted by Gasteiger charge is -2.17. The molecule has 84 valence electrons. The highest BCUT2D eigenvalue weighted by molar-refractivity contribution is 5.46. The van der Waals surface area contributed by atoms with E-state index in [4.69, 9.17) is 10.4 Å². The van der Waals surface area contributed by atoms with Gasteiger partial charge in [-0.1, -0.05) is 0 Å². The molecule has 0 bridgehead atoms. The highest BCUT2D eigenvalue weighted by Crippen LogP contribution is 2.24. The quantitative estimate of drug-likeness (QED) is 0.825. The molecule has 1 aromatic rings. The van der Waals surface area contributed by atoms with Crippen molar-refractivity contribution in [2.24, 2.45) is 5.92 Å². The third kappa shape index (κ3) is 2.31. The van der Waals surface area contributed by atoms with Crippen LogP contribution in [0.5, 0.6) is 0 Å². The van der Waals surface area contributed by atoms with Crippen LogP contribution >= 0.6 is 0 Å². The number of nitrogens with zero attached hydrogens (tertiary/aromatic N) is 3. The van der Waals surface area contributed by atoms with Crippen LogP contribution in [0.4, 0.5) is 5.69 Å². The first-order chi connectivity index (χ1) is 7.83. The van der Waals surface area contributed by atoms with Gasteiger partial charge in [0.25, 0.3) is 0 Å². The molecule has 0 spiro atoms. The number of aliphatic hydroxyl groups is 1. The lowest BCUT2D eigenvalue weighted by Crippen LogP contribution is -2.20. The first-order valence-corrected chi connectivity index (χ1v) is 5.55. The van der Waals surface area contributed by atoms with E-state index < -0.39 is 0 Å². The van der Waals surface area contributed by atoms with E-state index in [0.717, 1.165) is 31.6 Å². The molecule has 1 unspecified atom stereocenters. The first kappa shape index (κ1) is 10.9. The topological polar surface area (TPSA) is 60.2 Å². The summed E-state index contributed by atoms with van der Waals surface area (Å²) < 4.78 is 0. The minimum Gasteiger partial charge on any atom is -0.396 e. The maximum absolute atomic E-state index is 8.88. The molecule has 2 heterocycles. The smallest absolute Gasteiger partial charge is 0.140 e. The monoisotopic (exact) mass is 217 g/mol. The number of aromatic nitrogens is 1. The van der Waals surface area contributed by atoms with Gasteiger partial charge in [-0.25, -0.2) is 4.98 Å². The second-order valence-corrected chi connectivity index (χ2v) is 4.13. The van der Waals surface area contributed by atoms with E-state index in [2.05, 4.69) is 9.88 Å². The standard InChI is InChI=1S/C12H15N3O/c13-7-11-1-2-12(8-14-11)15-5-3-10(9-15)4-6-16/h1-2,8,10,16H,3-6,9H2. The van der Waals surface area contributed by atoms with Crippen LogP contribution in [0.2, 0.25) is 0 Å². The summed E-state index contributed by atoms with van der Waals surface area (Å²) in [6.07, 6.45) is 3.75. The molecule has 16 heavy (non-hydrogen) atoms. The summed E-state index contributed by atoms with van der Waals surface area (Å²) >= 11 is 0. The molecule has 0 amide bonds. The predicted molar refractivity (Wildman–Crippen MR) is 61.0 cm³/mol. The van der Waals surface area contributed by atoms with Crippen molar-refractivity contribution in [1.82, 2.24) is 4.98 Å². The molecule has 1 aromatic heterocycles. The third-order valence-electron chi connectivity index (χ3n) is 3.05. The molecular weight excluding hydrogens is 202 g/mol. The number of aliphatic hydroxyl groups excluding tert-OH is 1. The first-order valence-electron chi connectivity index (χ1n) is 5.55. The molecule has 0 aromatic carbocycles. The molecule has 1 atom stereocenters. The fraction of sp³-hybridized carbons (Fsp3) is 0.500. The minimum atomic E-state index is 0.268. The van der Waals surface area contributed by atoms with Crippen LogP contribution in [0.1, 0.15) is 18.5 Å². The van der Waals surface area contributed by atoms with Crippen molar-refractivity contribution < 1.29 is 5.11 Å². The minimum absolute atomic E-state index is 0.268. The zero-order valence-electron chi connectivity index (χ0n) is 9.13. The summed E-state index contributed by atoms with van der Waals surface area (Å²) in [7, 11) is 0. The lowest BCUT2D eigenvalue weighted by atomic mass is 10.1. The largest absolute Gasteiger partial charge is 0.396 e. The Morgan fingerprint density at radius 1 is 1.56 bits per heavy atom. The van der Waals surface area contributed by atoms with Gasteiger partial charge >= 0.3 is 0 Å². The van der Waals surface area contributed by atoms with Crippen molar-refractivity contribution in [2.75, 3.05) is 24.6 Å². The Balaban J connectivity index is 2.00. The van der Waals surface area contributed by atoms with Crippen molar-refractivity contribution in [1.29, 1.82) is 5.26 Å². The molecule has 1 saturated heterocycles. The van der Waals surface area contributed by atoms with E-state index in [0.29, 0.717) is 11.6 Å². The maximum atomic E-state index is 8.88. The van der Waals surface area contributed by atoms with E-state index in [1.165, 1.54) is 0 Å². The van der Waals surface area contributed by atoms with E-state index >= 15 is 0 Å². The van der Waals surface area contributed by atoms with Crippen LogP contribution in [0.3, 0.4) is 0 Å². The van der Waals surface area contributed by atoms with Gasteiger partial charge in [0.15, 0.2) is 0 Å². The molecular formula is C12H15N3O. The molecule has 1 N–H and O–H groups in total. The van der Waals surface area contributed by atoms with Gasteiger partial charge in [0, 0.05) is 19.7 Å². The van der Waals surface area contributed by atoms with Gasteiger partial charge in [-0.2, -0.15) is 5.26 Å². The predicted octanol–water partition coefficient (Wildman–Crippen LogP) is 1.16. The van der Waals surface area contributed by atoms with Crippen LogP contribution in [0.25, 0.3) is 0 Å². The van der Waals surface area contributed by atoms with Crippen molar-refractivity contribution in [3.63, 3.8) is 0 Å².